The Hall–Kier alpha value is -2.82. The largest absolute Gasteiger partial charge is 0.479 e. The lowest BCUT2D eigenvalue weighted by Crippen LogP contribution is -2.52. The molecular weight excluding hydrogens is 352 g/mol. The summed E-state index contributed by atoms with van der Waals surface area (Å²) < 4.78 is 5.77. The molecular formula is C23H26N2O3. The van der Waals surface area contributed by atoms with E-state index in [1.54, 1.807) is 11.8 Å². The van der Waals surface area contributed by atoms with Crippen molar-refractivity contribution in [1.82, 2.24) is 5.32 Å². The second kappa shape index (κ2) is 8.05. The number of ether oxygens (including phenoxy) is 1. The van der Waals surface area contributed by atoms with E-state index in [1.165, 1.54) is 6.42 Å². The summed E-state index contributed by atoms with van der Waals surface area (Å²) in [4.78, 5) is 28.2. The normalized spacial score (nSPS) is 20.8. The van der Waals surface area contributed by atoms with Crippen LogP contribution in [0.3, 0.4) is 0 Å². The first-order valence-electron chi connectivity index (χ1n) is 10.1. The number of rotatable bonds is 4. The standard InChI is InChI=1S/C23H26N2O3/c1-16-23(27)25(19-14-8-9-15-20(19)28-16)21(17-10-4-2-5-11-17)22(26)24-18-12-6-3-7-13-18/h2,4-5,8-11,14-16,18,21H,3,6-7,12-13H2,1H3,(H,24,26)/t16-,21?/m1/s1. The number of para-hydroxylation sites is 2. The molecule has 2 aliphatic rings. The fraction of sp³-hybridized carbons (Fsp3) is 0.391. The van der Waals surface area contributed by atoms with Gasteiger partial charge < -0.3 is 10.1 Å². The number of nitrogens with zero attached hydrogens (tertiary/aromatic N) is 1. The fourth-order valence-electron chi connectivity index (χ4n) is 4.16. The smallest absolute Gasteiger partial charge is 0.268 e. The Morgan fingerprint density at radius 1 is 1.04 bits per heavy atom. The van der Waals surface area contributed by atoms with Crippen LogP contribution in [0.5, 0.6) is 5.75 Å². The van der Waals surface area contributed by atoms with E-state index in [-0.39, 0.29) is 17.9 Å². The van der Waals surface area contributed by atoms with Crippen molar-refractivity contribution >= 4 is 17.5 Å². The second-order valence-electron chi connectivity index (χ2n) is 7.59. The van der Waals surface area contributed by atoms with Crippen molar-refractivity contribution in [1.29, 1.82) is 0 Å². The fourth-order valence-corrected chi connectivity index (χ4v) is 4.16. The lowest BCUT2D eigenvalue weighted by molar-refractivity contribution is -0.130. The number of hydrogen-bond donors (Lipinski definition) is 1. The lowest BCUT2D eigenvalue weighted by Gasteiger charge is -2.38. The zero-order valence-electron chi connectivity index (χ0n) is 16.1. The monoisotopic (exact) mass is 378 g/mol. The third-order valence-corrected chi connectivity index (χ3v) is 5.59. The van der Waals surface area contributed by atoms with Gasteiger partial charge >= 0.3 is 0 Å². The summed E-state index contributed by atoms with van der Waals surface area (Å²) in [5.41, 5.74) is 1.44. The van der Waals surface area contributed by atoms with E-state index < -0.39 is 12.1 Å². The molecule has 1 saturated carbocycles. The SMILES string of the molecule is C[C@H]1Oc2ccccc2N(C(C(=O)NC2CCCCC2)c2ccccc2)C1=O. The first-order valence-corrected chi connectivity index (χ1v) is 10.1. The van der Waals surface area contributed by atoms with Crippen molar-refractivity contribution in [3.8, 4) is 5.75 Å². The van der Waals surface area contributed by atoms with Gasteiger partial charge in [0.2, 0.25) is 5.91 Å². The molecule has 2 aromatic rings. The molecule has 2 atom stereocenters. The maximum Gasteiger partial charge on any atom is 0.268 e. The summed E-state index contributed by atoms with van der Waals surface area (Å²) in [6, 6.07) is 16.4. The van der Waals surface area contributed by atoms with E-state index in [4.69, 9.17) is 4.74 Å². The first-order chi connectivity index (χ1) is 13.6. The third-order valence-electron chi connectivity index (χ3n) is 5.59. The highest BCUT2D eigenvalue weighted by molar-refractivity contribution is 6.05. The highest BCUT2D eigenvalue weighted by Crippen LogP contribution is 2.39. The molecule has 1 heterocycles. The Bertz CT molecular complexity index is 846. The van der Waals surface area contributed by atoms with Gasteiger partial charge in [0.1, 0.15) is 11.8 Å². The molecule has 0 saturated heterocycles. The van der Waals surface area contributed by atoms with Crippen molar-refractivity contribution in [2.45, 2.75) is 57.2 Å². The molecule has 1 aliphatic heterocycles. The Balaban J connectivity index is 1.73. The van der Waals surface area contributed by atoms with Gasteiger partial charge in [-0.25, -0.2) is 0 Å². The second-order valence-corrected chi connectivity index (χ2v) is 7.59. The third kappa shape index (κ3) is 3.61. The predicted octanol–water partition coefficient (Wildman–Crippen LogP) is 3.99. The number of benzene rings is 2. The molecule has 0 spiro atoms. The minimum atomic E-state index is -0.719. The van der Waals surface area contributed by atoms with Gasteiger partial charge in [0, 0.05) is 6.04 Å². The average molecular weight is 378 g/mol. The summed E-state index contributed by atoms with van der Waals surface area (Å²) in [7, 11) is 0. The number of nitrogens with one attached hydrogen (secondary N) is 1. The van der Waals surface area contributed by atoms with Crippen molar-refractivity contribution < 1.29 is 14.3 Å². The molecule has 2 aromatic carbocycles. The van der Waals surface area contributed by atoms with Crippen molar-refractivity contribution in [3.05, 3.63) is 60.2 Å². The lowest BCUT2D eigenvalue weighted by atomic mass is 9.94. The first kappa shape index (κ1) is 18.5. The summed E-state index contributed by atoms with van der Waals surface area (Å²) in [5.74, 6) is 0.294. The van der Waals surface area contributed by atoms with Gasteiger partial charge in [-0.1, -0.05) is 61.7 Å². The van der Waals surface area contributed by atoms with E-state index >= 15 is 0 Å². The van der Waals surface area contributed by atoms with Crippen LogP contribution in [0.4, 0.5) is 5.69 Å². The van der Waals surface area contributed by atoms with E-state index in [9.17, 15) is 9.59 Å². The maximum atomic E-state index is 13.4. The molecule has 0 bridgehead atoms. The van der Waals surface area contributed by atoms with Gasteiger partial charge in [-0.15, -0.1) is 0 Å². The van der Waals surface area contributed by atoms with Crippen molar-refractivity contribution in [3.63, 3.8) is 0 Å². The molecule has 5 nitrogen and oxygen atoms in total. The van der Waals surface area contributed by atoms with Crippen LogP contribution in [-0.2, 0) is 9.59 Å². The van der Waals surface area contributed by atoms with Gasteiger partial charge in [0.25, 0.3) is 5.91 Å². The zero-order valence-corrected chi connectivity index (χ0v) is 16.1. The number of anilines is 1. The molecule has 1 N–H and O–H groups in total. The van der Waals surface area contributed by atoms with Crippen LogP contribution in [-0.4, -0.2) is 24.0 Å². The molecule has 0 aromatic heterocycles. The number of fused-ring (bicyclic) bond motifs is 1. The van der Waals surface area contributed by atoms with E-state index in [0.717, 1.165) is 31.2 Å². The van der Waals surface area contributed by atoms with Gasteiger partial charge in [-0.2, -0.15) is 0 Å². The molecule has 1 fully saturated rings. The molecule has 2 amide bonds. The van der Waals surface area contributed by atoms with Gasteiger partial charge in [-0.05, 0) is 37.5 Å². The highest BCUT2D eigenvalue weighted by atomic mass is 16.5. The van der Waals surface area contributed by atoms with Crippen LogP contribution < -0.4 is 15.0 Å². The average Bonchev–Trinajstić information content (AvgIpc) is 2.72. The van der Waals surface area contributed by atoms with Crippen molar-refractivity contribution in [2.75, 3.05) is 4.90 Å². The molecule has 28 heavy (non-hydrogen) atoms. The Kier molecular flexibility index (Phi) is 5.33. The molecule has 1 unspecified atom stereocenters. The molecule has 146 valence electrons. The van der Waals surface area contributed by atoms with E-state index in [1.807, 2.05) is 54.6 Å². The predicted molar refractivity (Wildman–Crippen MR) is 108 cm³/mol. The quantitative estimate of drug-likeness (QED) is 0.875. The van der Waals surface area contributed by atoms with Crippen LogP contribution in [0.1, 0.15) is 50.6 Å². The van der Waals surface area contributed by atoms with Crippen LogP contribution in [0, 0.1) is 0 Å². The summed E-state index contributed by atoms with van der Waals surface area (Å²) in [6.07, 6.45) is 4.86. The molecule has 1 aliphatic carbocycles. The summed E-state index contributed by atoms with van der Waals surface area (Å²) in [6.45, 7) is 1.73. The zero-order chi connectivity index (χ0) is 19.5. The van der Waals surface area contributed by atoms with Gasteiger partial charge in [0.05, 0.1) is 5.69 Å². The van der Waals surface area contributed by atoms with Crippen LogP contribution >= 0.6 is 0 Å². The van der Waals surface area contributed by atoms with Gasteiger partial charge in [0.15, 0.2) is 6.10 Å². The molecule has 5 heteroatoms. The minimum absolute atomic E-state index is 0.129. The van der Waals surface area contributed by atoms with Crippen LogP contribution in [0.15, 0.2) is 54.6 Å². The number of carbonyl (C=O) groups excluding carboxylic acids is 2. The maximum absolute atomic E-state index is 13.4. The Morgan fingerprint density at radius 2 is 1.71 bits per heavy atom. The topological polar surface area (TPSA) is 58.6 Å². The van der Waals surface area contributed by atoms with E-state index in [0.29, 0.717) is 11.4 Å². The minimum Gasteiger partial charge on any atom is -0.479 e. The number of carbonyl (C=O) groups is 2. The Morgan fingerprint density at radius 3 is 2.46 bits per heavy atom. The van der Waals surface area contributed by atoms with E-state index in [2.05, 4.69) is 5.32 Å². The molecule has 0 radical (unpaired) electrons. The van der Waals surface area contributed by atoms with Crippen molar-refractivity contribution in [2.24, 2.45) is 0 Å². The van der Waals surface area contributed by atoms with Gasteiger partial charge in [-0.3, -0.25) is 14.5 Å². The van der Waals surface area contributed by atoms with Crippen LogP contribution in [0.25, 0.3) is 0 Å². The molecule has 4 rings (SSSR count). The Labute approximate surface area is 165 Å². The summed E-state index contributed by atoms with van der Waals surface area (Å²) in [5, 5.41) is 3.21. The summed E-state index contributed by atoms with van der Waals surface area (Å²) >= 11 is 0. The number of hydrogen-bond acceptors (Lipinski definition) is 3. The number of amides is 2. The highest BCUT2D eigenvalue weighted by Gasteiger charge is 2.40. The van der Waals surface area contributed by atoms with Crippen LogP contribution in [0.2, 0.25) is 0 Å².